The van der Waals surface area contributed by atoms with Gasteiger partial charge in [-0.05, 0) is 13.1 Å². The summed E-state index contributed by atoms with van der Waals surface area (Å²) in [5.41, 5.74) is 5.38. The van der Waals surface area contributed by atoms with Crippen molar-refractivity contribution in [3.63, 3.8) is 0 Å². The van der Waals surface area contributed by atoms with E-state index in [0.29, 0.717) is 6.16 Å². The summed E-state index contributed by atoms with van der Waals surface area (Å²) in [5, 5.41) is 9.41. The van der Waals surface area contributed by atoms with Gasteiger partial charge in [-0.25, -0.2) is 0 Å². The molecule has 0 saturated carbocycles. The minimum absolute atomic E-state index is 0.234. The zero-order valence-corrected chi connectivity index (χ0v) is 10.1. The lowest BCUT2D eigenvalue weighted by atomic mass is 10.2. The zero-order valence-electron chi connectivity index (χ0n) is 9.17. The van der Waals surface area contributed by atoms with Crippen LogP contribution in [0.15, 0.2) is 30.3 Å². The van der Waals surface area contributed by atoms with Crippen LogP contribution in [0.2, 0.25) is 0 Å². The molecule has 0 spiro atoms. The number of benzene rings is 1. The highest BCUT2D eigenvalue weighted by Gasteiger charge is 2.21. The molecule has 88 valence electrons. The lowest BCUT2D eigenvalue weighted by Crippen LogP contribution is -2.31. The topological polar surface area (TPSA) is 80.4 Å². The second-order valence-electron chi connectivity index (χ2n) is 3.89. The van der Waals surface area contributed by atoms with Crippen molar-refractivity contribution >= 4 is 18.4 Å². The van der Waals surface area contributed by atoms with Crippen molar-refractivity contribution in [2.24, 2.45) is 5.73 Å². The Hall–Kier alpha value is -1.12. The van der Waals surface area contributed by atoms with Crippen molar-refractivity contribution in [2.75, 3.05) is 12.8 Å². The van der Waals surface area contributed by atoms with E-state index in [1.807, 2.05) is 18.2 Å². The van der Waals surface area contributed by atoms with Crippen LogP contribution in [-0.2, 0) is 9.36 Å². The van der Waals surface area contributed by atoms with Gasteiger partial charge < -0.3 is 15.4 Å². The molecule has 0 aromatic heterocycles. The van der Waals surface area contributed by atoms with Crippen LogP contribution in [-0.4, -0.2) is 29.9 Å². The number of rotatable bonds is 5. The first-order chi connectivity index (χ1) is 7.43. The van der Waals surface area contributed by atoms with Gasteiger partial charge in [0.2, 0.25) is 0 Å². The minimum atomic E-state index is -2.48. The molecule has 16 heavy (non-hydrogen) atoms. The molecule has 1 aromatic carbocycles. The maximum Gasteiger partial charge on any atom is 0.320 e. The van der Waals surface area contributed by atoms with Gasteiger partial charge >= 0.3 is 5.97 Å². The standard InChI is InChI=1S/C11H16NO3P/c1-16(15,8-7-10(12)11(13)14)9-5-3-2-4-6-9/h2-6,10H,7-8,12H2,1H3,(H,13,14). The number of carboxylic acid groups (broad SMARTS) is 1. The third-order valence-corrected chi connectivity index (χ3v) is 4.99. The Morgan fingerprint density at radius 1 is 1.44 bits per heavy atom. The Kier molecular flexibility index (Phi) is 4.27. The number of carbonyl (C=O) groups is 1. The van der Waals surface area contributed by atoms with Gasteiger partial charge in [-0.2, -0.15) is 0 Å². The summed E-state index contributed by atoms with van der Waals surface area (Å²) < 4.78 is 12.3. The molecular weight excluding hydrogens is 225 g/mol. The van der Waals surface area contributed by atoms with Crippen molar-refractivity contribution in [1.82, 2.24) is 0 Å². The maximum atomic E-state index is 12.3. The average molecular weight is 241 g/mol. The number of nitrogens with two attached hydrogens (primary N) is 1. The molecule has 1 rings (SSSR count). The molecule has 0 bridgehead atoms. The Bertz CT molecular complexity index is 405. The molecule has 0 amide bonds. The van der Waals surface area contributed by atoms with E-state index in [2.05, 4.69) is 0 Å². The molecule has 2 atom stereocenters. The Balaban J connectivity index is 2.67. The highest BCUT2D eigenvalue weighted by Crippen LogP contribution is 2.40. The largest absolute Gasteiger partial charge is 0.480 e. The first-order valence-electron chi connectivity index (χ1n) is 5.04. The molecule has 0 saturated heterocycles. The van der Waals surface area contributed by atoms with Crippen LogP contribution in [0.1, 0.15) is 6.42 Å². The van der Waals surface area contributed by atoms with Crippen LogP contribution >= 0.6 is 7.14 Å². The summed E-state index contributed by atoms with van der Waals surface area (Å²) in [4.78, 5) is 10.5. The molecule has 0 aliphatic heterocycles. The third-order valence-electron chi connectivity index (χ3n) is 2.49. The number of aliphatic carboxylic acids is 1. The SMILES string of the molecule is CP(=O)(CCC(N)C(=O)O)c1ccccc1. The molecule has 0 heterocycles. The predicted molar refractivity (Wildman–Crippen MR) is 64.7 cm³/mol. The molecule has 0 aliphatic carbocycles. The van der Waals surface area contributed by atoms with Gasteiger partial charge in [-0.3, -0.25) is 4.79 Å². The van der Waals surface area contributed by atoms with Crippen molar-refractivity contribution < 1.29 is 14.5 Å². The van der Waals surface area contributed by atoms with E-state index < -0.39 is 19.2 Å². The van der Waals surface area contributed by atoms with Gasteiger partial charge in [0.05, 0.1) is 0 Å². The van der Waals surface area contributed by atoms with E-state index in [4.69, 9.17) is 10.8 Å². The lowest BCUT2D eigenvalue weighted by molar-refractivity contribution is -0.138. The second-order valence-corrected chi connectivity index (χ2v) is 7.06. The smallest absolute Gasteiger partial charge is 0.320 e. The van der Waals surface area contributed by atoms with Gasteiger partial charge in [0.15, 0.2) is 0 Å². The number of carboxylic acids is 1. The van der Waals surface area contributed by atoms with Gasteiger partial charge in [-0.1, -0.05) is 30.3 Å². The fourth-order valence-corrected chi connectivity index (χ4v) is 3.21. The molecule has 0 aliphatic rings. The summed E-state index contributed by atoms with van der Waals surface area (Å²) in [6.45, 7) is 1.66. The van der Waals surface area contributed by atoms with E-state index in [0.717, 1.165) is 5.30 Å². The second kappa shape index (κ2) is 5.28. The normalized spacial score (nSPS) is 16.4. The summed E-state index contributed by atoms with van der Waals surface area (Å²) >= 11 is 0. The summed E-state index contributed by atoms with van der Waals surface area (Å²) in [6.07, 6.45) is 0.558. The van der Waals surface area contributed by atoms with E-state index >= 15 is 0 Å². The van der Waals surface area contributed by atoms with Crippen LogP contribution in [0, 0.1) is 0 Å². The molecule has 0 radical (unpaired) electrons. The van der Waals surface area contributed by atoms with Crippen molar-refractivity contribution in [2.45, 2.75) is 12.5 Å². The van der Waals surface area contributed by atoms with Crippen molar-refractivity contribution in [3.05, 3.63) is 30.3 Å². The Morgan fingerprint density at radius 3 is 2.50 bits per heavy atom. The predicted octanol–water partition coefficient (Wildman–Crippen LogP) is 1.11. The highest BCUT2D eigenvalue weighted by molar-refractivity contribution is 7.70. The Morgan fingerprint density at radius 2 is 2.00 bits per heavy atom. The van der Waals surface area contributed by atoms with Crippen molar-refractivity contribution in [3.8, 4) is 0 Å². The minimum Gasteiger partial charge on any atom is -0.480 e. The van der Waals surface area contributed by atoms with Gasteiger partial charge in [0.25, 0.3) is 0 Å². The molecule has 0 fully saturated rings. The number of hydrogen-bond donors (Lipinski definition) is 2. The lowest BCUT2D eigenvalue weighted by Gasteiger charge is -2.14. The van der Waals surface area contributed by atoms with E-state index in [9.17, 15) is 9.36 Å². The quantitative estimate of drug-likeness (QED) is 0.756. The van der Waals surface area contributed by atoms with Crippen LogP contribution < -0.4 is 11.0 Å². The average Bonchev–Trinajstić information content (AvgIpc) is 2.27. The molecule has 3 N–H and O–H groups in total. The van der Waals surface area contributed by atoms with Crippen LogP contribution in [0.25, 0.3) is 0 Å². The van der Waals surface area contributed by atoms with Gasteiger partial charge in [0.1, 0.15) is 13.2 Å². The van der Waals surface area contributed by atoms with Crippen molar-refractivity contribution in [1.29, 1.82) is 0 Å². The maximum absolute atomic E-state index is 12.3. The van der Waals surface area contributed by atoms with Crippen LogP contribution in [0.4, 0.5) is 0 Å². The highest BCUT2D eigenvalue weighted by atomic mass is 31.2. The van der Waals surface area contributed by atoms with E-state index in [1.54, 1.807) is 18.8 Å². The first kappa shape index (κ1) is 12.9. The fourth-order valence-electron chi connectivity index (χ4n) is 1.38. The molecule has 5 heteroatoms. The monoisotopic (exact) mass is 241 g/mol. The van der Waals surface area contributed by atoms with E-state index in [1.165, 1.54) is 0 Å². The van der Waals surface area contributed by atoms with Crippen LogP contribution in [0.3, 0.4) is 0 Å². The van der Waals surface area contributed by atoms with Gasteiger partial charge in [-0.15, -0.1) is 0 Å². The molecule has 2 unspecified atom stereocenters. The molecule has 4 nitrogen and oxygen atoms in total. The first-order valence-corrected chi connectivity index (χ1v) is 7.38. The molecular formula is C11H16NO3P. The number of hydrogen-bond acceptors (Lipinski definition) is 3. The van der Waals surface area contributed by atoms with Crippen LogP contribution in [0.5, 0.6) is 0 Å². The van der Waals surface area contributed by atoms with Gasteiger partial charge in [0, 0.05) is 11.5 Å². The Labute approximate surface area is 94.8 Å². The zero-order chi connectivity index (χ0) is 12.2. The summed E-state index contributed by atoms with van der Waals surface area (Å²) in [5.74, 6) is -1.05. The summed E-state index contributed by atoms with van der Waals surface area (Å²) in [6, 6.07) is 8.16. The summed E-state index contributed by atoms with van der Waals surface area (Å²) in [7, 11) is -2.48. The van der Waals surface area contributed by atoms with E-state index in [-0.39, 0.29) is 6.42 Å². The third kappa shape index (κ3) is 3.47. The fraction of sp³-hybridized carbons (Fsp3) is 0.364. The molecule has 1 aromatic rings.